The highest BCUT2D eigenvalue weighted by Gasteiger charge is 2.19. The van der Waals surface area contributed by atoms with Crippen molar-refractivity contribution in [2.75, 3.05) is 18.9 Å². The quantitative estimate of drug-likeness (QED) is 0.606. The maximum absolute atomic E-state index is 12.6. The molecule has 7 heteroatoms. The van der Waals surface area contributed by atoms with Crippen molar-refractivity contribution in [2.24, 2.45) is 0 Å². The van der Waals surface area contributed by atoms with Gasteiger partial charge in [0, 0.05) is 28.9 Å². The maximum Gasteiger partial charge on any atom is 0.289 e. The zero-order valence-corrected chi connectivity index (χ0v) is 16.7. The fourth-order valence-corrected chi connectivity index (χ4v) is 2.81. The van der Waals surface area contributed by atoms with E-state index in [9.17, 15) is 14.4 Å². The molecule has 6 nitrogen and oxygen atoms in total. The molecular formula is C22H19ClN2O4. The Morgan fingerprint density at radius 2 is 1.62 bits per heavy atom. The molecule has 0 aliphatic carbocycles. The second-order valence-corrected chi connectivity index (χ2v) is 6.95. The minimum absolute atomic E-state index is 0.0228. The molecule has 0 spiro atoms. The summed E-state index contributed by atoms with van der Waals surface area (Å²) in [5, 5.41) is 3.27. The first-order valence-corrected chi connectivity index (χ1v) is 9.23. The molecule has 0 aliphatic heterocycles. The van der Waals surface area contributed by atoms with Crippen LogP contribution in [0.2, 0.25) is 5.02 Å². The van der Waals surface area contributed by atoms with Crippen LogP contribution in [-0.2, 0) is 4.79 Å². The molecule has 3 aromatic rings. The molecule has 1 N–H and O–H groups in total. The number of nitrogens with zero attached hydrogens (tertiary/aromatic N) is 1. The van der Waals surface area contributed by atoms with E-state index in [4.69, 9.17) is 16.0 Å². The number of halogens is 1. The van der Waals surface area contributed by atoms with Gasteiger partial charge < -0.3 is 14.6 Å². The number of furan rings is 1. The highest BCUT2D eigenvalue weighted by atomic mass is 35.5. The van der Waals surface area contributed by atoms with E-state index in [1.54, 1.807) is 60.7 Å². The first-order valence-electron chi connectivity index (χ1n) is 8.85. The van der Waals surface area contributed by atoms with E-state index in [-0.39, 0.29) is 24.0 Å². The number of benzene rings is 2. The van der Waals surface area contributed by atoms with E-state index in [2.05, 4.69) is 5.32 Å². The number of nitrogens with one attached hydrogen (secondary N) is 1. The minimum Gasteiger partial charge on any atom is -0.451 e. The van der Waals surface area contributed by atoms with E-state index in [0.29, 0.717) is 22.0 Å². The Bertz CT molecular complexity index is 1040. The number of Topliss-reactive ketones (excluding diaryl/α,β-unsaturated/α-hetero) is 1. The summed E-state index contributed by atoms with van der Waals surface area (Å²) in [5.74, 6) is -0.150. The van der Waals surface area contributed by atoms with Crippen molar-refractivity contribution in [1.29, 1.82) is 0 Å². The van der Waals surface area contributed by atoms with Crippen LogP contribution in [0, 0.1) is 0 Å². The summed E-state index contributed by atoms with van der Waals surface area (Å²) in [6.07, 6.45) is 0. The van der Waals surface area contributed by atoms with Crippen LogP contribution < -0.4 is 5.32 Å². The van der Waals surface area contributed by atoms with Gasteiger partial charge in [-0.25, -0.2) is 0 Å². The zero-order chi connectivity index (χ0) is 21.0. The summed E-state index contributed by atoms with van der Waals surface area (Å²) < 4.78 is 5.64. The summed E-state index contributed by atoms with van der Waals surface area (Å²) in [4.78, 5) is 37.4. The lowest BCUT2D eigenvalue weighted by molar-refractivity contribution is -0.116. The van der Waals surface area contributed by atoms with Crippen LogP contribution in [0.25, 0.3) is 11.3 Å². The first kappa shape index (κ1) is 20.4. The Kier molecular flexibility index (Phi) is 6.14. The lowest BCUT2D eigenvalue weighted by Gasteiger charge is -2.15. The van der Waals surface area contributed by atoms with Crippen molar-refractivity contribution < 1.29 is 18.8 Å². The predicted octanol–water partition coefficient (Wildman–Crippen LogP) is 4.51. The summed E-state index contributed by atoms with van der Waals surface area (Å²) >= 11 is 5.82. The second kappa shape index (κ2) is 8.75. The molecule has 1 heterocycles. The topological polar surface area (TPSA) is 79.6 Å². The van der Waals surface area contributed by atoms with Crippen molar-refractivity contribution in [1.82, 2.24) is 4.90 Å². The van der Waals surface area contributed by atoms with Crippen molar-refractivity contribution in [2.45, 2.75) is 6.92 Å². The van der Waals surface area contributed by atoms with Gasteiger partial charge in [-0.15, -0.1) is 0 Å². The molecule has 29 heavy (non-hydrogen) atoms. The Hall–Kier alpha value is -3.38. The van der Waals surface area contributed by atoms with Gasteiger partial charge in [-0.05, 0) is 43.3 Å². The molecule has 0 saturated carbocycles. The van der Waals surface area contributed by atoms with Crippen molar-refractivity contribution in [3.05, 3.63) is 77.0 Å². The average Bonchev–Trinajstić information content (AvgIpc) is 3.19. The molecule has 0 radical (unpaired) electrons. The summed E-state index contributed by atoms with van der Waals surface area (Å²) in [6, 6.07) is 16.8. The van der Waals surface area contributed by atoms with Crippen LogP contribution in [0.3, 0.4) is 0 Å². The number of carbonyl (C=O) groups is 3. The third kappa shape index (κ3) is 5.12. The Morgan fingerprint density at radius 1 is 0.966 bits per heavy atom. The fraction of sp³-hybridized carbons (Fsp3) is 0.136. The number of ketones is 1. The van der Waals surface area contributed by atoms with Crippen LogP contribution in [0.1, 0.15) is 27.8 Å². The summed E-state index contributed by atoms with van der Waals surface area (Å²) in [5.41, 5.74) is 1.94. The largest absolute Gasteiger partial charge is 0.451 e. The van der Waals surface area contributed by atoms with Gasteiger partial charge in [0.1, 0.15) is 5.76 Å². The molecule has 2 aromatic carbocycles. The molecule has 3 rings (SSSR count). The summed E-state index contributed by atoms with van der Waals surface area (Å²) in [6.45, 7) is 1.36. The predicted molar refractivity (Wildman–Crippen MR) is 111 cm³/mol. The third-order valence-corrected chi connectivity index (χ3v) is 4.50. The first-order chi connectivity index (χ1) is 13.8. The highest BCUT2D eigenvalue weighted by molar-refractivity contribution is 6.30. The molecular weight excluding hydrogens is 392 g/mol. The van der Waals surface area contributed by atoms with E-state index >= 15 is 0 Å². The Morgan fingerprint density at radius 3 is 2.24 bits per heavy atom. The molecule has 0 atom stereocenters. The number of hydrogen-bond donors (Lipinski definition) is 1. The zero-order valence-electron chi connectivity index (χ0n) is 15.9. The van der Waals surface area contributed by atoms with Gasteiger partial charge in [-0.2, -0.15) is 0 Å². The van der Waals surface area contributed by atoms with Gasteiger partial charge in [0.05, 0.1) is 6.54 Å². The van der Waals surface area contributed by atoms with Gasteiger partial charge in [0.25, 0.3) is 5.91 Å². The lowest BCUT2D eigenvalue weighted by Crippen LogP contribution is -2.34. The van der Waals surface area contributed by atoms with Gasteiger partial charge in [-0.1, -0.05) is 35.9 Å². The molecule has 0 saturated heterocycles. The Balaban J connectivity index is 1.63. The maximum atomic E-state index is 12.6. The monoisotopic (exact) mass is 410 g/mol. The number of rotatable bonds is 6. The molecule has 2 amide bonds. The van der Waals surface area contributed by atoms with E-state index in [1.807, 2.05) is 0 Å². The third-order valence-electron chi connectivity index (χ3n) is 4.25. The van der Waals surface area contributed by atoms with Gasteiger partial charge >= 0.3 is 0 Å². The molecule has 0 fully saturated rings. The van der Waals surface area contributed by atoms with Crippen molar-refractivity contribution >= 4 is 34.9 Å². The molecule has 0 unspecified atom stereocenters. The molecule has 0 bridgehead atoms. The number of amides is 2. The van der Waals surface area contributed by atoms with Crippen molar-refractivity contribution in [3.63, 3.8) is 0 Å². The Labute approximate surface area is 173 Å². The molecule has 148 valence electrons. The highest BCUT2D eigenvalue weighted by Crippen LogP contribution is 2.23. The summed E-state index contributed by atoms with van der Waals surface area (Å²) in [7, 11) is 1.52. The van der Waals surface area contributed by atoms with Crippen molar-refractivity contribution in [3.8, 4) is 11.3 Å². The van der Waals surface area contributed by atoms with Crippen LogP contribution in [0.15, 0.2) is 65.1 Å². The van der Waals surface area contributed by atoms with Crippen LogP contribution in [-0.4, -0.2) is 36.1 Å². The van der Waals surface area contributed by atoms with E-state index < -0.39 is 5.91 Å². The van der Waals surface area contributed by atoms with Crippen LogP contribution in [0.4, 0.5) is 5.69 Å². The minimum atomic E-state index is -0.414. The van der Waals surface area contributed by atoms with Crippen LogP contribution in [0.5, 0.6) is 0 Å². The number of hydrogen-bond acceptors (Lipinski definition) is 4. The number of carbonyl (C=O) groups excluding carboxylic acids is 3. The standard InChI is InChI=1S/C22H19ClN2O4/c1-14(26)15-3-5-16(6-4-15)19-11-12-20(29-19)22(28)25(2)13-21(27)24-18-9-7-17(23)8-10-18/h3-12H,13H2,1-2H3,(H,24,27). The van der Waals surface area contributed by atoms with Crippen LogP contribution >= 0.6 is 11.6 Å². The average molecular weight is 411 g/mol. The smallest absolute Gasteiger partial charge is 0.289 e. The SMILES string of the molecule is CC(=O)c1ccc(-c2ccc(C(=O)N(C)CC(=O)Nc3ccc(Cl)cc3)o2)cc1. The number of likely N-dealkylation sites (N-methyl/N-ethyl adjacent to an activating group) is 1. The van der Waals surface area contributed by atoms with E-state index in [0.717, 1.165) is 5.56 Å². The molecule has 0 aliphatic rings. The normalized spacial score (nSPS) is 10.4. The second-order valence-electron chi connectivity index (χ2n) is 6.51. The van der Waals surface area contributed by atoms with Gasteiger partial charge in [0.15, 0.2) is 11.5 Å². The number of anilines is 1. The van der Waals surface area contributed by atoms with Gasteiger partial charge in [-0.3, -0.25) is 14.4 Å². The fourth-order valence-electron chi connectivity index (χ4n) is 2.69. The van der Waals surface area contributed by atoms with Gasteiger partial charge in [0.2, 0.25) is 5.91 Å². The molecule has 1 aromatic heterocycles. The lowest BCUT2D eigenvalue weighted by atomic mass is 10.1. The van der Waals surface area contributed by atoms with E-state index in [1.165, 1.54) is 18.9 Å².